The van der Waals surface area contributed by atoms with Crippen LogP contribution in [0.15, 0.2) is 29.6 Å². The van der Waals surface area contributed by atoms with E-state index in [-0.39, 0.29) is 11.7 Å². The van der Waals surface area contributed by atoms with Crippen LogP contribution in [0.4, 0.5) is 0 Å². The van der Waals surface area contributed by atoms with Crippen LogP contribution in [0.25, 0.3) is 11.0 Å². The van der Waals surface area contributed by atoms with Gasteiger partial charge in [0, 0.05) is 34.6 Å². The second-order valence-corrected chi connectivity index (χ2v) is 9.26. The lowest BCUT2D eigenvalue weighted by Crippen LogP contribution is -2.25. The highest BCUT2D eigenvalue weighted by molar-refractivity contribution is 7.90. The summed E-state index contributed by atoms with van der Waals surface area (Å²) in [6.45, 7) is 9.20. The molecule has 1 N–H and O–H groups in total. The van der Waals surface area contributed by atoms with Gasteiger partial charge in [-0.3, -0.25) is 14.8 Å². The molecule has 1 atom stereocenters. The number of hydrogen-bond donors (Lipinski definition) is 1. The topological polar surface area (TPSA) is 100 Å². The van der Waals surface area contributed by atoms with Gasteiger partial charge in [-0.2, -0.15) is 4.98 Å². The molecule has 0 saturated heterocycles. The van der Waals surface area contributed by atoms with Crippen LogP contribution in [0.3, 0.4) is 0 Å². The van der Waals surface area contributed by atoms with Crippen molar-refractivity contribution in [2.45, 2.75) is 45.5 Å². The van der Waals surface area contributed by atoms with Gasteiger partial charge in [0.1, 0.15) is 11.5 Å². The first-order valence-corrected chi connectivity index (χ1v) is 10.5. The van der Waals surface area contributed by atoms with Gasteiger partial charge in [-0.05, 0) is 46.8 Å². The first kappa shape index (κ1) is 21.1. The van der Waals surface area contributed by atoms with Crippen molar-refractivity contribution in [3.63, 3.8) is 0 Å². The molecule has 3 rings (SSSR count). The molecule has 2 heterocycles. The Hall–Kier alpha value is -2.58. The Morgan fingerprint density at radius 3 is 2.66 bits per heavy atom. The Balaban J connectivity index is 1.82. The summed E-state index contributed by atoms with van der Waals surface area (Å²) in [5.74, 6) is 1.05. The summed E-state index contributed by atoms with van der Waals surface area (Å²) in [7, 11) is 1.61. The van der Waals surface area contributed by atoms with Crippen molar-refractivity contribution in [3.05, 3.63) is 41.2 Å². The number of ether oxygens (including phenoxy) is 2. The van der Waals surface area contributed by atoms with E-state index in [1.807, 2.05) is 13.8 Å². The van der Waals surface area contributed by atoms with Crippen molar-refractivity contribution in [1.82, 2.24) is 15.0 Å². The van der Waals surface area contributed by atoms with Crippen molar-refractivity contribution in [1.29, 1.82) is 0 Å². The average Bonchev–Trinajstić information content (AvgIpc) is 3.07. The minimum Gasteiger partial charge on any atom is -0.609 e. The van der Waals surface area contributed by atoms with Crippen molar-refractivity contribution in [3.8, 4) is 11.5 Å². The number of aryl methyl sites for hydroxylation is 1. The smallest absolute Gasteiger partial charge is 0.322 e. The molecule has 29 heavy (non-hydrogen) atoms. The third kappa shape index (κ3) is 4.54. The lowest BCUT2D eigenvalue weighted by atomic mass is 9.97. The first-order chi connectivity index (χ1) is 13.6. The van der Waals surface area contributed by atoms with E-state index in [0.29, 0.717) is 22.1 Å². The third-order valence-corrected chi connectivity index (χ3v) is 5.65. The highest BCUT2D eigenvalue weighted by Crippen LogP contribution is 2.28. The van der Waals surface area contributed by atoms with Gasteiger partial charge in [-0.25, -0.2) is 0 Å². The fraction of sp³-hybridized carbons (Fsp3) is 0.381. The van der Waals surface area contributed by atoms with E-state index in [9.17, 15) is 9.35 Å². The van der Waals surface area contributed by atoms with Gasteiger partial charge in [0.05, 0.1) is 29.3 Å². The molecule has 0 fully saturated rings. The predicted molar refractivity (Wildman–Crippen MR) is 112 cm³/mol. The Bertz CT molecular complexity index is 1060. The maximum absolute atomic E-state index is 12.9. The van der Waals surface area contributed by atoms with Gasteiger partial charge < -0.3 is 14.0 Å². The minimum atomic E-state index is -1.42. The quantitative estimate of drug-likeness (QED) is 0.386. The zero-order valence-electron chi connectivity index (χ0n) is 17.5. The van der Waals surface area contributed by atoms with Gasteiger partial charge in [0.25, 0.3) is 0 Å². The molecule has 2 aromatic heterocycles. The highest BCUT2D eigenvalue weighted by atomic mass is 32.2. The average molecular weight is 416 g/mol. The SMILES string of the molecule is COc1c(C)cnc(C[S+]([O-])c2nc3cc(OC(=O)C(C)(C)C)ccc3[nH]2)c1C. The van der Waals surface area contributed by atoms with Crippen LogP contribution in [-0.4, -0.2) is 32.6 Å². The zero-order chi connectivity index (χ0) is 21.3. The number of H-pyrrole nitrogens is 1. The third-order valence-electron chi connectivity index (χ3n) is 4.49. The molecule has 3 aromatic rings. The van der Waals surface area contributed by atoms with Crippen LogP contribution in [0, 0.1) is 19.3 Å². The number of rotatable bonds is 5. The Morgan fingerprint density at radius 1 is 1.28 bits per heavy atom. The standard InChI is InChI=1S/C21H25N3O4S/c1-12-10-22-17(13(2)18(12)27-6)11-29(26)20-23-15-8-7-14(9-16(15)24-20)28-19(25)21(3,4)5/h7-10H,11H2,1-6H3,(H,23,24). The van der Waals surface area contributed by atoms with Crippen LogP contribution in [0.1, 0.15) is 37.6 Å². The maximum Gasteiger partial charge on any atom is 0.322 e. The van der Waals surface area contributed by atoms with Crippen molar-refractivity contribution >= 4 is 28.2 Å². The number of carbonyl (C=O) groups is 1. The van der Waals surface area contributed by atoms with Crippen molar-refractivity contribution in [2.24, 2.45) is 5.41 Å². The lowest BCUT2D eigenvalue weighted by molar-refractivity contribution is -0.142. The van der Waals surface area contributed by atoms with Crippen LogP contribution in [0.2, 0.25) is 0 Å². The summed E-state index contributed by atoms with van der Waals surface area (Å²) in [5, 5.41) is 0.347. The van der Waals surface area contributed by atoms with E-state index in [1.165, 1.54) is 0 Å². The zero-order valence-corrected chi connectivity index (χ0v) is 18.3. The predicted octanol–water partition coefficient (Wildman–Crippen LogP) is 3.84. The number of imidazole rings is 1. The molecular formula is C21H25N3O4S. The number of benzene rings is 1. The number of pyridine rings is 1. The van der Waals surface area contributed by atoms with E-state index in [2.05, 4.69) is 15.0 Å². The molecule has 0 aliphatic rings. The number of aromatic nitrogens is 3. The Morgan fingerprint density at radius 2 is 2.00 bits per heavy atom. The van der Waals surface area contributed by atoms with Crippen LogP contribution in [-0.2, 0) is 21.7 Å². The molecule has 7 nitrogen and oxygen atoms in total. The first-order valence-electron chi connectivity index (χ1n) is 9.19. The number of aromatic amines is 1. The second kappa shape index (κ2) is 8.04. The molecule has 154 valence electrons. The van der Waals surface area contributed by atoms with Gasteiger partial charge in [-0.15, -0.1) is 0 Å². The van der Waals surface area contributed by atoms with E-state index >= 15 is 0 Å². The molecule has 0 bridgehead atoms. The van der Waals surface area contributed by atoms with Crippen molar-refractivity contribution < 1.29 is 18.8 Å². The number of nitrogens with one attached hydrogen (secondary N) is 1. The fourth-order valence-electron chi connectivity index (χ4n) is 2.80. The Labute approximate surface area is 173 Å². The minimum absolute atomic E-state index is 0.216. The largest absolute Gasteiger partial charge is 0.609 e. The number of fused-ring (bicyclic) bond motifs is 1. The second-order valence-electron chi connectivity index (χ2n) is 7.90. The van der Waals surface area contributed by atoms with E-state index in [1.54, 1.807) is 52.3 Å². The summed E-state index contributed by atoms with van der Waals surface area (Å²) >= 11 is -1.42. The monoisotopic (exact) mass is 415 g/mol. The van der Waals surface area contributed by atoms with Crippen molar-refractivity contribution in [2.75, 3.05) is 7.11 Å². The van der Waals surface area contributed by atoms with Gasteiger partial charge in [0.2, 0.25) is 0 Å². The Kier molecular flexibility index (Phi) is 5.86. The summed E-state index contributed by atoms with van der Waals surface area (Å²) in [5.41, 5.74) is 3.20. The number of hydrogen-bond acceptors (Lipinski definition) is 6. The summed E-state index contributed by atoms with van der Waals surface area (Å²) in [6, 6.07) is 5.11. The number of methoxy groups -OCH3 is 1. The highest BCUT2D eigenvalue weighted by Gasteiger charge is 2.25. The molecule has 0 saturated carbocycles. The molecule has 0 aliphatic carbocycles. The fourth-order valence-corrected chi connectivity index (χ4v) is 3.90. The molecule has 0 spiro atoms. The molecule has 0 radical (unpaired) electrons. The molecule has 1 unspecified atom stereocenters. The molecule has 0 amide bonds. The van der Waals surface area contributed by atoms with E-state index in [4.69, 9.17) is 9.47 Å². The normalized spacial score (nSPS) is 12.8. The summed E-state index contributed by atoms with van der Waals surface area (Å²) < 4.78 is 23.7. The van der Waals surface area contributed by atoms with Crippen LogP contribution >= 0.6 is 0 Å². The van der Waals surface area contributed by atoms with Gasteiger partial charge >= 0.3 is 11.1 Å². The van der Waals surface area contributed by atoms with E-state index < -0.39 is 16.6 Å². The molecule has 1 aromatic carbocycles. The maximum atomic E-state index is 12.9. The van der Waals surface area contributed by atoms with Gasteiger partial charge in [-0.1, -0.05) is 0 Å². The molecule has 8 heteroatoms. The van der Waals surface area contributed by atoms with Crippen LogP contribution < -0.4 is 9.47 Å². The van der Waals surface area contributed by atoms with Crippen LogP contribution in [0.5, 0.6) is 11.5 Å². The number of carbonyl (C=O) groups excluding carboxylic acids is 1. The molecule has 0 aliphatic heterocycles. The van der Waals surface area contributed by atoms with E-state index in [0.717, 1.165) is 22.4 Å². The van der Waals surface area contributed by atoms with Gasteiger partial charge in [0.15, 0.2) is 5.75 Å². The molecular weight excluding hydrogens is 390 g/mol. The number of nitrogens with zero attached hydrogens (tertiary/aromatic N) is 2. The summed E-state index contributed by atoms with van der Waals surface area (Å²) in [4.78, 5) is 24.0. The lowest BCUT2D eigenvalue weighted by Gasteiger charge is -2.16. The summed E-state index contributed by atoms with van der Waals surface area (Å²) in [6.07, 6.45) is 1.72. The number of esters is 1.